The van der Waals surface area contributed by atoms with Crippen molar-refractivity contribution in [3.05, 3.63) is 140 Å². The van der Waals surface area contributed by atoms with Gasteiger partial charge in [0.15, 0.2) is 0 Å². The van der Waals surface area contributed by atoms with Crippen LogP contribution < -0.4 is 5.32 Å². The van der Waals surface area contributed by atoms with Gasteiger partial charge >= 0.3 is 12.2 Å². The largest absolute Gasteiger partial charge is 0.445 e. The monoisotopic (exact) mass is 672 g/mol. The SMILES string of the molecule is O=C(NCc1ccc(-c2ccc(C(O)C3CC(S)CN3C(=O)OCc3ccc([N+](=O)[O-])cc3)cc2)cc1)OCc1ccc([N+](=O)[O-])cc1. The lowest BCUT2D eigenvalue weighted by Crippen LogP contribution is -2.39. The summed E-state index contributed by atoms with van der Waals surface area (Å²) in [5, 5.41) is 35.4. The number of nitrogens with zero attached hydrogens (tertiary/aromatic N) is 3. The highest BCUT2D eigenvalue weighted by atomic mass is 32.1. The average Bonchev–Trinajstić information content (AvgIpc) is 3.50. The van der Waals surface area contributed by atoms with E-state index in [1.165, 1.54) is 53.4 Å². The Morgan fingerprint density at radius 1 is 0.792 bits per heavy atom. The lowest BCUT2D eigenvalue weighted by Gasteiger charge is -2.28. The van der Waals surface area contributed by atoms with Crippen molar-refractivity contribution < 1.29 is 34.0 Å². The lowest BCUT2D eigenvalue weighted by molar-refractivity contribution is -0.385. The minimum absolute atomic E-state index is 0.0180. The van der Waals surface area contributed by atoms with E-state index < -0.39 is 34.2 Å². The van der Waals surface area contributed by atoms with Crippen LogP contribution >= 0.6 is 12.6 Å². The molecule has 0 spiro atoms. The smallest absolute Gasteiger partial charge is 0.410 e. The van der Waals surface area contributed by atoms with Gasteiger partial charge in [0.25, 0.3) is 11.4 Å². The van der Waals surface area contributed by atoms with E-state index in [9.17, 15) is 34.9 Å². The third-order valence-electron chi connectivity index (χ3n) is 7.92. The van der Waals surface area contributed by atoms with Crippen LogP contribution in [0.15, 0.2) is 97.1 Å². The third kappa shape index (κ3) is 8.66. The van der Waals surface area contributed by atoms with Crippen LogP contribution in [0.4, 0.5) is 21.0 Å². The van der Waals surface area contributed by atoms with Gasteiger partial charge in [-0.1, -0.05) is 48.5 Å². The maximum Gasteiger partial charge on any atom is 0.410 e. The number of nitrogens with one attached hydrogen (secondary N) is 1. The number of alkyl carbamates (subject to hydrolysis) is 1. The number of hydrogen-bond acceptors (Lipinski definition) is 10. The number of aliphatic hydroxyl groups is 1. The van der Waals surface area contributed by atoms with Crippen LogP contribution in [0, 0.1) is 20.2 Å². The van der Waals surface area contributed by atoms with Gasteiger partial charge < -0.3 is 24.8 Å². The van der Waals surface area contributed by atoms with E-state index in [4.69, 9.17) is 9.47 Å². The number of aliphatic hydroxyl groups excluding tert-OH is 1. The van der Waals surface area contributed by atoms with Crippen molar-refractivity contribution in [2.75, 3.05) is 6.54 Å². The number of benzene rings is 4. The molecule has 1 aliphatic heterocycles. The minimum atomic E-state index is -0.975. The zero-order chi connectivity index (χ0) is 34.2. The van der Waals surface area contributed by atoms with Gasteiger partial charge in [-0.15, -0.1) is 0 Å². The van der Waals surface area contributed by atoms with E-state index in [1.807, 2.05) is 48.5 Å². The molecule has 248 valence electrons. The molecular formula is C34H32N4O9S. The second-order valence-electron chi connectivity index (χ2n) is 11.2. The van der Waals surface area contributed by atoms with E-state index in [0.29, 0.717) is 29.7 Å². The summed E-state index contributed by atoms with van der Waals surface area (Å²) in [5.74, 6) is 0. The Labute approximate surface area is 280 Å². The van der Waals surface area contributed by atoms with E-state index >= 15 is 0 Å². The first-order valence-electron chi connectivity index (χ1n) is 14.9. The zero-order valence-electron chi connectivity index (χ0n) is 25.5. The van der Waals surface area contributed by atoms with Crippen LogP contribution in [-0.2, 0) is 29.2 Å². The quantitative estimate of drug-likeness (QED) is 0.0933. The first-order valence-corrected chi connectivity index (χ1v) is 15.4. The van der Waals surface area contributed by atoms with Crippen LogP contribution in [0.5, 0.6) is 0 Å². The Balaban J connectivity index is 1.11. The van der Waals surface area contributed by atoms with Gasteiger partial charge in [-0.05, 0) is 64.1 Å². The number of nitro benzene ring substituents is 2. The summed E-state index contributed by atoms with van der Waals surface area (Å²) in [7, 11) is 0. The van der Waals surface area contributed by atoms with Crippen molar-refractivity contribution in [2.24, 2.45) is 0 Å². The van der Waals surface area contributed by atoms with Gasteiger partial charge in [0, 0.05) is 42.6 Å². The van der Waals surface area contributed by atoms with Gasteiger partial charge in [-0.2, -0.15) is 12.6 Å². The number of non-ortho nitro benzene ring substituents is 2. The van der Waals surface area contributed by atoms with Gasteiger partial charge in [0.1, 0.15) is 13.2 Å². The molecule has 13 nitrogen and oxygen atoms in total. The topological polar surface area (TPSA) is 174 Å². The molecule has 5 rings (SSSR count). The fraction of sp³-hybridized carbons (Fsp3) is 0.235. The number of hydrogen-bond donors (Lipinski definition) is 3. The van der Waals surface area contributed by atoms with E-state index in [2.05, 4.69) is 17.9 Å². The Morgan fingerprint density at radius 3 is 1.79 bits per heavy atom. The van der Waals surface area contributed by atoms with E-state index in [0.717, 1.165) is 16.7 Å². The maximum absolute atomic E-state index is 13.0. The van der Waals surface area contributed by atoms with Crippen LogP contribution in [-0.4, -0.2) is 49.9 Å². The zero-order valence-corrected chi connectivity index (χ0v) is 26.4. The summed E-state index contributed by atoms with van der Waals surface area (Å²) in [4.78, 5) is 47.2. The van der Waals surface area contributed by atoms with Crippen LogP contribution in [0.1, 0.15) is 34.8 Å². The number of likely N-dealkylation sites (tertiary alicyclic amines) is 1. The molecule has 1 saturated heterocycles. The number of nitro groups is 2. The first-order chi connectivity index (χ1) is 23.1. The molecule has 0 aromatic heterocycles. The predicted molar refractivity (Wildman–Crippen MR) is 178 cm³/mol. The van der Waals surface area contributed by atoms with Crippen LogP contribution in [0.2, 0.25) is 0 Å². The predicted octanol–water partition coefficient (Wildman–Crippen LogP) is 6.34. The summed E-state index contributed by atoms with van der Waals surface area (Å²) < 4.78 is 10.6. The summed E-state index contributed by atoms with van der Waals surface area (Å²) in [6.07, 6.45) is -1.72. The molecule has 0 aliphatic carbocycles. The molecule has 0 saturated carbocycles. The average molecular weight is 673 g/mol. The fourth-order valence-corrected chi connectivity index (χ4v) is 5.68. The lowest BCUT2D eigenvalue weighted by atomic mass is 9.97. The second-order valence-corrected chi connectivity index (χ2v) is 11.9. The van der Waals surface area contributed by atoms with Gasteiger partial charge in [-0.3, -0.25) is 20.2 Å². The molecule has 2 amide bonds. The van der Waals surface area contributed by atoms with Crippen LogP contribution in [0.25, 0.3) is 11.1 Å². The van der Waals surface area contributed by atoms with Crippen molar-refractivity contribution in [1.29, 1.82) is 0 Å². The molecular weight excluding hydrogens is 640 g/mol. The fourth-order valence-electron chi connectivity index (χ4n) is 5.29. The molecule has 3 unspecified atom stereocenters. The Morgan fingerprint density at radius 2 is 1.27 bits per heavy atom. The van der Waals surface area contributed by atoms with Crippen molar-refractivity contribution in [3.8, 4) is 11.1 Å². The number of carbonyl (C=O) groups excluding carboxylic acids is 2. The van der Waals surface area contributed by atoms with Crippen molar-refractivity contribution in [3.63, 3.8) is 0 Å². The number of rotatable bonds is 11. The van der Waals surface area contributed by atoms with Crippen molar-refractivity contribution in [2.45, 2.75) is 43.6 Å². The third-order valence-corrected chi connectivity index (χ3v) is 8.30. The molecule has 1 heterocycles. The molecule has 2 N–H and O–H groups in total. The molecule has 3 atom stereocenters. The highest BCUT2D eigenvalue weighted by Gasteiger charge is 2.39. The number of thiol groups is 1. The first kappa shape index (κ1) is 33.9. The van der Waals surface area contributed by atoms with Crippen molar-refractivity contribution in [1.82, 2.24) is 10.2 Å². The number of amides is 2. The minimum Gasteiger partial charge on any atom is -0.445 e. The van der Waals surface area contributed by atoms with Gasteiger partial charge in [-0.25, -0.2) is 9.59 Å². The Kier molecular flexibility index (Phi) is 10.9. The van der Waals surface area contributed by atoms with E-state index in [-0.39, 0.29) is 36.4 Å². The molecule has 14 heteroatoms. The standard InChI is InChI=1S/C34H32N4O9S/c39-32(31-17-30(48)19-36(31)34(41)47-21-24-5-15-29(16-6-24)38(44)45)27-11-9-26(10-12-27)25-7-1-22(2-8-25)18-35-33(40)46-20-23-3-13-28(14-4-23)37(42)43/h1-16,30-32,39,48H,17-21H2,(H,35,40). The summed E-state index contributed by atoms with van der Waals surface area (Å²) in [6.45, 7) is 0.465. The highest BCUT2D eigenvalue weighted by Crippen LogP contribution is 2.33. The van der Waals surface area contributed by atoms with Gasteiger partial charge in [0.2, 0.25) is 0 Å². The van der Waals surface area contributed by atoms with E-state index in [1.54, 1.807) is 0 Å². The van der Waals surface area contributed by atoms with Crippen molar-refractivity contribution >= 4 is 36.2 Å². The molecule has 1 fully saturated rings. The Hall–Kier alpha value is -5.47. The Bertz CT molecular complexity index is 1750. The molecule has 0 radical (unpaired) electrons. The maximum atomic E-state index is 13.0. The molecule has 1 aliphatic rings. The summed E-state index contributed by atoms with van der Waals surface area (Å²) >= 11 is 4.54. The number of carbonyl (C=O) groups is 2. The molecule has 4 aromatic carbocycles. The normalized spacial score (nSPS) is 16.2. The highest BCUT2D eigenvalue weighted by molar-refractivity contribution is 7.81. The van der Waals surface area contributed by atoms with Gasteiger partial charge in [0.05, 0.1) is 22.0 Å². The molecule has 0 bridgehead atoms. The second kappa shape index (κ2) is 15.4. The summed E-state index contributed by atoms with van der Waals surface area (Å²) in [5.41, 5.74) is 4.45. The summed E-state index contributed by atoms with van der Waals surface area (Å²) in [6, 6.07) is 25.9. The van der Waals surface area contributed by atoms with Crippen LogP contribution in [0.3, 0.4) is 0 Å². The molecule has 4 aromatic rings. The molecule has 48 heavy (non-hydrogen) atoms. The number of ether oxygens (including phenoxy) is 2.